The molecular weight excluding hydrogens is 438 g/mol. The molecule has 0 bridgehead atoms. The van der Waals surface area contributed by atoms with E-state index >= 15 is 0 Å². The lowest BCUT2D eigenvalue weighted by Gasteiger charge is -2.19. The minimum Gasteiger partial charge on any atom is -0.491 e. The number of carboxylic acids is 1. The molecule has 0 aliphatic carbocycles. The summed E-state index contributed by atoms with van der Waals surface area (Å²) in [6.07, 6.45) is -10.1. The van der Waals surface area contributed by atoms with Gasteiger partial charge in [-0.3, -0.25) is 4.79 Å². The number of hydrogen-bond acceptors (Lipinski definition) is 2. The molecule has 2 aromatic carbocycles. The van der Waals surface area contributed by atoms with Crippen LogP contribution in [0.5, 0.6) is 5.75 Å². The van der Waals surface area contributed by atoms with Gasteiger partial charge in [-0.05, 0) is 41.8 Å². The van der Waals surface area contributed by atoms with Crippen LogP contribution in [-0.4, -0.2) is 23.9 Å². The van der Waals surface area contributed by atoms with Gasteiger partial charge in [-0.25, -0.2) is 0 Å². The first-order valence-electron chi connectivity index (χ1n) is 8.77. The average Bonchev–Trinajstić information content (AvgIpc) is 2.62. The normalized spacial score (nSPS) is 13.2. The predicted molar refractivity (Wildman–Crippen MR) is 98.7 cm³/mol. The van der Waals surface area contributed by atoms with Gasteiger partial charge in [-0.2, -0.15) is 26.3 Å². The highest BCUT2D eigenvalue weighted by molar-refractivity contribution is 6.32. The number of rotatable bonds is 7. The molecule has 0 heterocycles. The van der Waals surface area contributed by atoms with Crippen molar-refractivity contribution in [2.24, 2.45) is 0 Å². The van der Waals surface area contributed by atoms with Gasteiger partial charge in [0.25, 0.3) is 0 Å². The largest absolute Gasteiger partial charge is 0.491 e. The molecule has 10 heteroatoms. The summed E-state index contributed by atoms with van der Waals surface area (Å²) in [6.45, 7) is 0.866. The van der Waals surface area contributed by atoms with E-state index in [1.807, 2.05) is 0 Å². The highest BCUT2D eigenvalue weighted by Gasteiger charge is 2.31. The molecule has 0 saturated heterocycles. The molecule has 0 aliphatic heterocycles. The van der Waals surface area contributed by atoms with E-state index in [-0.39, 0.29) is 33.9 Å². The summed E-state index contributed by atoms with van der Waals surface area (Å²) in [5.74, 6) is -2.26. The van der Waals surface area contributed by atoms with Crippen molar-refractivity contribution < 1.29 is 41.0 Å². The van der Waals surface area contributed by atoms with Crippen molar-refractivity contribution in [1.29, 1.82) is 0 Å². The lowest BCUT2D eigenvalue weighted by atomic mass is 9.92. The van der Waals surface area contributed by atoms with E-state index in [0.29, 0.717) is 0 Å². The van der Waals surface area contributed by atoms with Crippen molar-refractivity contribution in [1.82, 2.24) is 0 Å². The van der Waals surface area contributed by atoms with E-state index in [9.17, 15) is 36.2 Å². The Morgan fingerprint density at radius 2 is 1.70 bits per heavy atom. The van der Waals surface area contributed by atoms with Gasteiger partial charge in [0.05, 0.1) is 29.5 Å². The van der Waals surface area contributed by atoms with Gasteiger partial charge in [0, 0.05) is 5.56 Å². The molecule has 2 aromatic rings. The molecule has 0 spiro atoms. The summed E-state index contributed by atoms with van der Waals surface area (Å²) in [6, 6.07) is 6.50. The van der Waals surface area contributed by atoms with Crippen LogP contribution in [0.2, 0.25) is 5.02 Å². The molecule has 1 unspecified atom stereocenters. The van der Waals surface area contributed by atoms with Gasteiger partial charge in [-0.15, -0.1) is 0 Å². The van der Waals surface area contributed by atoms with E-state index in [0.717, 1.165) is 24.3 Å². The Balaban J connectivity index is 2.54. The van der Waals surface area contributed by atoms with Crippen LogP contribution in [0.1, 0.15) is 36.8 Å². The molecule has 1 N–H and O–H groups in total. The number of ether oxygens (including phenoxy) is 1. The topological polar surface area (TPSA) is 46.5 Å². The number of carboxylic acid groups (broad SMARTS) is 1. The number of alkyl halides is 6. The lowest BCUT2D eigenvalue weighted by molar-refractivity contribution is -0.140. The molecular formula is C20H17ClF6O3. The monoisotopic (exact) mass is 454 g/mol. The first-order chi connectivity index (χ1) is 13.8. The third-order valence-corrected chi connectivity index (χ3v) is 4.61. The van der Waals surface area contributed by atoms with E-state index in [1.165, 1.54) is 12.1 Å². The van der Waals surface area contributed by atoms with Crippen molar-refractivity contribution in [3.63, 3.8) is 0 Å². The number of hydrogen-bond donors (Lipinski definition) is 1. The zero-order chi connectivity index (χ0) is 22.7. The average molecular weight is 455 g/mol. The number of benzene rings is 2. The zero-order valence-corrected chi connectivity index (χ0v) is 16.3. The SMILES string of the molecule is CCC(C(=O)O)c1cc(Cl)c(OCCC(F)(F)F)c(-c2ccc(C(F)(F)F)cc2)c1. The quantitative estimate of drug-likeness (QED) is 0.461. The Bertz CT molecular complexity index is 891. The highest BCUT2D eigenvalue weighted by atomic mass is 35.5. The summed E-state index contributed by atoms with van der Waals surface area (Å²) in [4.78, 5) is 11.5. The molecule has 0 saturated carbocycles. The number of carbonyl (C=O) groups is 1. The molecule has 3 nitrogen and oxygen atoms in total. The van der Waals surface area contributed by atoms with Crippen LogP contribution in [0.3, 0.4) is 0 Å². The first kappa shape index (κ1) is 23.9. The minimum absolute atomic E-state index is 0.105. The molecule has 0 fully saturated rings. The lowest BCUT2D eigenvalue weighted by Crippen LogP contribution is -2.14. The summed E-state index contributed by atoms with van der Waals surface area (Å²) in [5, 5.41) is 9.25. The minimum atomic E-state index is -4.57. The van der Waals surface area contributed by atoms with Crippen LogP contribution in [-0.2, 0) is 11.0 Å². The van der Waals surface area contributed by atoms with Crippen LogP contribution in [0.4, 0.5) is 26.3 Å². The molecule has 1 atom stereocenters. The van der Waals surface area contributed by atoms with Gasteiger partial charge in [0.2, 0.25) is 0 Å². The third kappa shape index (κ3) is 6.04. The Kier molecular flexibility index (Phi) is 7.28. The summed E-state index contributed by atoms with van der Waals surface area (Å²) in [7, 11) is 0. The van der Waals surface area contributed by atoms with E-state index in [1.54, 1.807) is 6.92 Å². The van der Waals surface area contributed by atoms with Gasteiger partial charge in [0.15, 0.2) is 0 Å². The fourth-order valence-corrected chi connectivity index (χ4v) is 3.12. The summed E-state index contributed by atoms with van der Waals surface area (Å²) >= 11 is 6.16. The number of halogens is 7. The van der Waals surface area contributed by atoms with Crippen LogP contribution in [0.25, 0.3) is 11.1 Å². The van der Waals surface area contributed by atoms with Crippen molar-refractivity contribution in [3.05, 3.63) is 52.5 Å². The van der Waals surface area contributed by atoms with Gasteiger partial charge < -0.3 is 9.84 Å². The van der Waals surface area contributed by atoms with Gasteiger partial charge >= 0.3 is 18.3 Å². The van der Waals surface area contributed by atoms with E-state index in [4.69, 9.17) is 16.3 Å². The fourth-order valence-electron chi connectivity index (χ4n) is 2.84. The second kappa shape index (κ2) is 9.16. The van der Waals surface area contributed by atoms with E-state index < -0.39 is 42.8 Å². The van der Waals surface area contributed by atoms with Crippen molar-refractivity contribution in [3.8, 4) is 16.9 Å². The summed E-state index contributed by atoms with van der Waals surface area (Å²) in [5.41, 5.74) is -0.361. The maximum Gasteiger partial charge on any atom is 0.416 e. The summed E-state index contributed by atoms with van der Waals surface area (Å²) < 4.78 is 81.1. The predicted octanol–water partition coefficient (Wildman–Crippen LogP) is 6.94. The van der Waals surface area contributed by atoms with E-state index in [2.05, 4.69) is 0 Å². The zero-order valence-electron chi connectivity index (χ0n) is 15.6. The van der Waals surface area contributed by atoms with Crippen LogP contribution in [0, 0.1) is 0 Å². The fraction of sp³-hybridized carbons (Fsp3) is 0.350. The second-order valence-electron chi connectivity index (χ2n) is 6.47. The smallest absolute Gasteiger partial charge is 0.416 e. The molecule has 0 amide bonds. The Hall–Kier alpha value is -2.42. The van der Waals surface area contributed by atoms with Crippen LogP contribution in [0.15, 0.2) is 36.4 Å². The third-order valence-electron chi connectivity index (χ3n) is 4.33. The van der Waals surface area contributed by atoms with Crippen molar-refractivity contribution >= 4 is 17.6 Å². The van der Waals surface area contributed by atoms with Crippen LogP contribution >= 0.6 is 11.6 Å². The molecule has 0 radical (unpaired) electrons. The standard InChI is InChI=1S/C20H17ClF6O3/c1-2-14(18(28)29)12-9-15(11-3-5-13(6-4-11)20(25,26)27)17(16(21)10-12)30-8-7-19(22,23)24/h3-6,9-10,14H,2,7-8H2,1H3,(H,28,29). The van der Waals surface area contributed by atoms with Gasteiger partial charge in [0.1, 0.15) is 5.75 Å². The maximum absolute atomic E-state index is 12.8. The molecule has 164 valence electrons. The highest BCUT2D eigenvalue weighted by Crippen LogP contribution is 2.41. The van der Waals surface area contributed by atoms with Crippen molar-refractivity contribution in [2.75, 3.05) is 6.61 Å². The molecule has 2 rings (SSSR count). The first-order valence-corrected chi connectivity index (χ1v) is 9.14. The van der Waals surface area contributed by atoms with Crippen LogP contribution < -0.4 is 4.74 Å². The number of aliphatic carboxylic acids is 1. The Morgan fingerprint density at radius 1 is 1.10 bits per heavy atom. The van der Waals surface area contributed by atoms with Gasteiger partial charge in [-0.1, -0.05) is 30.7 Å². The Labute approximate surface area is 173 Å². The molecule has 0 aromatic heterocycles. The Morgan fingerprint density at radius 3 is 2.17 bits per heavy atom. The second-order valence-corrected chi connectivity index (χ2v) is 6.87. The van der Waals surface area contributed by atoms with Crippen molar-refractivity contribution in [2.45, 2.75) is 38.0 Å². The maximum atomic E-state index is 12.8. The molecule has 30 heavy (non-hydrogen) atoms. The molecule has 0 aliphatic rings.